The van der Waals surface area contributed by atoms with Crippen molar-refractivity contribution < 1.29 is 38.7 Å². The molecule has 2 unspecified atom stereocenters. The van der Waals surface area contributed by atoms with E-state index in [9.17, 15) is 9.59 Å². The van der Waals surface area contributed by atoms with E-state index in [1.165, 1.54) is 24.3 Å². The molecule has 10 heteroatoms. The summed E-state index contributed by atoms with van der Waals surface area (Å²) in [5.74, 6) is -0.910. The smallest absolute Gasteiger partial charge is 0.335 e. The third kappa shape index (κ3) is 7.97. The molecule has 0 saturated carbocycles. The highest BCUT2D eigenvalue weighted by molar-refractivity contribution is 9.10. The van der Waals surface area contributed by atoms with Crippen LogP contribution in [0, 0.1) is 0 Å². The molecule has 0 aromatic heterocycles. The first kappa shape index (κ1) is 26.5. The fourth-order valence-electron chi connectivity index (χ4n) is 3.34. The summed E-state index contributed by atoms with van der Waals surface area (Å²) in [6.07, 6.45) is 5.37. The Morgan fingerprint density at radius 3 is 1.47 bits per heavy atom. The number of rotatable bonds is 6. The minimum atomic E-state index is -0.966. The van der Waals surface area contributed by atoms with Gasteiger partial charge in [0.2, 0.25) is 0 Å². The van der Waals surface area contributed by atoms with E-state index in [0.29, 0.717) is 24.7 Å². The third-order valence-electron chi connectivity index (χ3n) is 5.15. The maximum Gasteiger partial charge on any atom is 0.335 e. The maximum atomic E-state index is 10.9. The number of hydrogen-bond donors (Lipinski definition) is 2. The van der Waals surface area contributed by atoms with Crippen molar-refractivity contribution in [3.05, 3.63) is 56.5 Å². The minimum Gasteiger partial charge on any atom is -0.478 e. The van der Waals surface area contributed by atoms with Gasteiger partial charge < -0.3 is 29.2 Å². The van der Waals surface area contributed by atoms with Gasteiger partial charge in [-0.2, -0.15) is 0 Å². The van der Waals surface area contributed by atoms with Gasteiger partial charge in [0.1, 0.15) is 11.5 Å². The Balaban J connectivity index is 0.000000191. The van der Waals surface area contributed by atoms with Gasteiger partial charge in [-0.3, -0.25) is 0 Å². The highest BCUT2D eigenvalue weighted by atomic mass is 79.9. The van der Waals surface area contributed by atoms with Crippen molar-refractivity contribution in [2.24, 2.45) is 0 Å². The van der Waals surface area contributed by atoms with Crippen LogP contribution < -0.4 is 9.47 Å². The van der Waals surface area contributed by atoms with Crippen LogP contribution in [0.3, 0.4) is 0 Å². The molecule has 2 atom stereocenters. The second kappa shape index (κ2) is 13.1. The molecule has 8 nitrogen and oxygen atoms in total. The zero-order valence-electron chi connectivity index (χ0n) is 18.4. The van der Waals surface area contributed by atoms with Crippen LogP contribution >= 0.6 is 31.9 Å². The highest BCUT2D eigenvalue weighted by Gasteiger charge is 2.18. The van der Waals surface area contributed by atoms with E-state index in [-0.39, 0.29) is 23.7 Å². The Morgan fingerprint density at radius 1 is 0.735 bits per heavy atom. The topological polar surface area (TPSA) is 112 Å². The number of hydrogen-bond acceptors (Lipinski definition) is 6. The fourth-order valence-corrected chi connectivity index (χ4v) is 4.03. The summed E-state index contributed by atoms with van der Waals surface area (Å²) in [5, 5.41) is 17.8. The molecule has 2 aliphatic heterocycles. The van der Waals surface area contributed by atoms with Gasteiger partial charge in [-0.15, -0.1) is 0 Å². The molecule has 0 amide bonds. The summed E-state index contributed by atoms with van der Waals surface area (Å²) < 4.78 is 23.6. The third-order valence-corrected chi connectivity index (χ3v) is 6.46. The molecule has 2 aliphatic rings. The predicted molar refractivity (Wildman–Crippen MR) is 131 cm³/mol. The van der Waals surface area contributed by atoms with Gasteiger partial charge in [-0.25, -0.2) is 9.59 Å². The number of carboxylic acid groups (broad SMARTS) is 2. The second-order valence-corrected chi connectivity index (χ2v) is 9.44. The lowest BCUT2D eigenvalue weighted by molar-refractivity contribution is -0.106. The lowest BCUT2D eigenvalue weighted by Gasteiger charge is -2.24. The Hall–Kier alpha value is -2.14. The number of aromatic carboxylic acids is 2. The van der Waals surface area contributed by atoms with Gasteiger partial charge >= 0.3 is 11.9 Å². The van der Waals surface area contributed by atoms with E-state index in [2.05, 4.69) is 31.9 Å². The molecule has 2 N–H and O–H groups in total. The molecular weight excluding hydrogens is 576 g/mol. The number of carbonyl (C=O) groups is 2. The van der Waals surface area contributed by atoms with E-state index in [1.807, 2.05) is 0 Å². The van der Waals surface area contributed by atoms with Gasteiger partial charge in [-0.1, -0.05) is 0 Å². The summed E-state index contributed by atoms with van der Waals surface area (Å²) in [5.41, 5.74) is 0.415. The van der Waals surface area contributed by atoms with Gasteiger partial charge in [0.05, 0.1) is 33.3 Å². The van der Waals surface area contributed by atoms with Crippen LogP contribution in [0.25, 0.3) is 0 Å². The molecule has 2 aromatic carbocycles. The number of halogens is 2. The zero-order chi connectivity index (χ0) is 24.5. The van der Waals surface area contributed by atoms with E-state index >= 15 is 0 Å². The molecular formula is C24H26Br2O8. The van der Waals surface area contributed by atoms with Crippen LogP contribution in [0.1, 0.15) is 59.2 Å². The maximum absolute atomic E-state index is 10.9. The summed E-state index contributed by atoms with van der Waals surface area (Å²) >= 11 is 6.67. The first-order chi connectivity index (χ1) is 16.3. The summed E-state index contributed by atoms with van der Waals surface area (Å²) in [7, 11) is 0. The van der Waals surface area contributed by atoms with E-state index < -0.39 is 11.9 Å². The monoisotopic (exact) mass is 600 g/mol. The van der Waals surface area contributed by atoms with E-state index in [1.54, 1.807) is 12.1 Å². The molecule has 2 heterocycles. The average Bonchev–Trinajstić information content (AvgIpc) is 2.83. The largest absolute Gasteiger partial charge is 0.478 e. The van der Waals surface area contributed by atoms with Crippen molar-refractivity contribution in [3.63, 3.8) is 0 Å². The Kier molecular flexibility index (Phi) is 10.2. The molecule has 34 heavy (non-hydrogen) atoms. The molecule has 0 radical (unpaired) electrons. The van der Waals surface area contributed by atoms with Crippen molar-refractivity contribution in [2.45, 2.75) is 51.1 Å². The molecule has 2 fully saturated rings. The molecule has 184 valence electrons. The van der Waals surface area contributed by atoms with Crippen LogP contribution in [-0.2, 0) is 9.47 Å². The summed E-state index contributed by atoms with van der Waals surface area (Å²) in [6, 6.07) is 9.40. The number of carboxylic acids is 2. The lowest BCUT2D eigenvalue weighted by Crippen LogP contribution is -2.25. The van der Waals surface area contributed by atoms with Crippen LogP contribution in [0.2, 0.25) is 0 Å². The molecule has 2 aromatic rings. The zero-order valence-corrected chi connectivity index (χ0v) is 21.5. The molecule has 0 bridgehead atoms. The quantitative estimate of drug-likeness (QED) is 0.408. The van der Waals surface area contributed by atoms with Crippen molar-refractivity contribution >= 4 is 43.8 Å². The van der Waals surface area contributed by atoms with E-state index in [4.69, 9.17) is 29.2 Å². The molecule has 0 spiro atoms. The normalized spacial score (nSPS) is 19.9. The number of benzene rings is 2. The first-order valence-corrected chi connectivity index (χ1v) is 12.5. The van der Waals surface area contributed by atoms with E-state index in [0.717, 1.165) is 47.5 Å². The fraction of sp³-hybridized carbons (Fsp3) is 0.417. The predicted octanol–water partition coefficient (Wildman–Crippen LogP) is 6.11. The number of ether oxygens (including phenoxy) is 4. The van der Waals surface area contributed by atoms with Gasteiger partial charge in [0, 0.05) is 12.8 Å². The molecule has 2 saturated heterocycles. The summed E-state index contributed by atoms with van der Waals surface area (Å²) in [4.78, 5) is 21.7. The molecule has 0 aliphatic carbocycles. The minimum absolute atomic E-state index is 0.207. The van der Waals surface area contributed by atoms with Crippen molar-refractivity contribution in [2.75, 3.05) is 13.2 Å². The SMILES string of the molecule is O=C(O)c1ccc(Br)c(OC2CCCCO2)c1.O=C(O)c1ccc(Br)c(OC2CCCCO2)c1. The van der Waals surface area contributed by atoms with Crippen LogP contribution in [-0.4, -0.2) is 47.9 Å². The van der Waals surface area contributed by atoms with Gasteiger partial charge in [0.15, 0.2) is 12.6 Å². The van der Waals surface area contributed by atoms with Crippen molar-refractivity contribution in [1.82, 2.24) is 0 Å². The summed E-state index contributed by atoms with van der Waals surface area (Å²) in [6.45, 7) is 1.39. The second-order valence-electron chi connectivity index (χ2n) is 7.73. The average molecular weight is 602 g/mol. The first-order valence-electron chi connectivity index (χ1n) is 11.0. The Bertz CT molecular complexity index is 905. The lowest BCUT2D eigenvalue weighted by atomic mass is 10.2. The van der Waals surface area contributed by atoms with Crippen molar-refractivity contribution in [1.29, 1.82) is 0 Å². The Labute approximate surface area is 214 Å². The standard InChI is InChI=1S/2C12H13BrO4/c2*13-9-5-4-8(12(14)15)7-10(9)17-11-3-1-2-6-16-11/h2*4-5,7,11H,1-3,6H2,(H,14,15). The van der Waals surface area contributed by atoms with Crippen molar-refractivity contribution in [3.8, 4) is 11.5 Å². The molecule has 4 rings (SSSR count). The van der Waals surface area contributed by atoms with Gasteiger partial charge in [-0.05, 0) is 93.9 Å². The Morgan fingerprint density at radius 2 is 1.15 bits per heavy atom. The highest BCUT2D eigenvalue weighted by Crippen LogP contribution is 2.30. The van der Waals surface area contributed by atoms with Gasteiger partial charge in [0.25, 0.3) is 0 Å². The van der Waals surface area contributed by atoms with Crippen LogP contribution in [0.4, 0.5) is 0 Å². The van der Waals surface area contributed by atoms with Crippen LogP contribution in [0.5, 0.6) is 11.5 Å². The van der Waals surface area contributed by atoms with Crippen LogP contribution in [0.15, 0.2) is 45.3 Å².